The van der Waals surface area contributed by atoms with E-state index in [0.29, 0.717) is 19.6 Å². The summed E-state index contributed by atoms with van der Waals surface area (Å²) < 4.78 is 13.0. The number of piperazine rings is 1. The predicted molar refractivity (Wildman–Crippen MR) is 91.5 cm³/mol. The molecule has 1 aromatic rings. The van der Waals surface area contributed by atoms with Gasteiger partial charge in [-0.2, -0.15) is 0 Å². The van der Waals surface area contributed by atoms with E-state index >= 15 is 0 Å². The lowest BCUT2D eigenvalue weighted by Crippen LogP contribution is -2.53. The smallest absolute Gasteiger partial charge is 0.236 e. The van der Waals surface area contributed by atoms with Gasteiger partial charge in [0.1, 0.15) is 5.82 Å². The maximum Gasteiger partial charge on any atom is 0.236 e. The fourth-order valence-electron chi connectivity index (χ4n) is 3.61. The van der Waals surface area contributed by atoms with Gasteiger partial charge in [0.2, 0.25) is 5.91 Å². The third-order valence-corrected chi connectivity index (χ3v) is 5.12. The van der Waals surface area contributed by atoms with Crippen molar-refractivity contribution in [1.82, 2.24) is 9.80 Å². The maximum absolute atomic E-state index is 13.0. The first kappa shape index (κ1) is 17.2. The molecule has 0 spiro atoms. The van der Waals surface area contributed by atoms with Gasteiger partial charge in [-0.25, -0.2) is 4.39 Å². The Balaban J connectivity index is 1.50. The first-order chi connectivity index (χ1) is 11.7. The molecule has 6 heteroatoms. The van der Waals surface area contributed by atoms with Gasteiger partial charge in [-0.15, -0.1) is 0 Å². The monoisotopic (exact) mass is 335 g/mol. The lowest BCUT2D eigenvalue weighted by Gasteiger charge is -2.39. The molecule has 0 bridgehead atoms. The van der Waals surface area contributed by atoms with Crippen LogP contribution >= 0.6 is 0 Å². The highest BCUT2D eigenvalue weighted by atomic mass is 19.1. The first-order valence-corrected chi connectivity index (χ1v) is 8.80. The van der Waals surface area contributed by atoms with E-state index in [9.17, 15) is 14.3 Å². The Kier molecular flexibility index (Phi) is 5.68. The van der Waals surface area contributed by atoms with Gasteiger partial charge in [0.15, 0.2) is 0 Å². The molecule has 5 nitrogen and oxygen atoms in total. The second-order valence-electron chi connectivity index (χ2n) is 6.65. The van der Waals surface area contributed by atoms with Crippen molar-refractivity contribution in [3.05, 3.63) is 30.1 Å². The largest absolute Gasteiger partial charge is 0.395 e. The van der Waals surface area contributed by atoms with Crippen molar-refractivity contribution in [3.8, 4) is 0 Å². The summed E-state index contributed by atoms with van der Waals surface area (Å²) in [7, 11) is 0. The molecule has 24 heavy (non-hydrogen) atoms. The molecule has 1 atom stereocenters. The van der Waals surface area contributed by atoms with Gasteiger partial charge in [-0.3, -0.25) is 9.69 Å². The highest BCUT2D eigenvalue weighted by molar-refractivity contribution is 5.78. The van der Waals surface area contributed by atoms with E-state index in [1.807, 2.05) is 4.90 Å². The fraction of sp³-hybridized carbons (Fsp3) is 0.611. The lowest BCUT2D eigenvalue weighted by atomic mass is 10.0. The number of aliphatic hydroxyl groups excluding tert-OH is 1. The molecule has 2 heterocycles. The number of rotatable bonds is 4. The van der Waals surface area contributed by atoms with Crippen molar-refractivity contribution in [2.45, 2.75) is 25.3 Å². The zero-order valence-corrected chi connectivity index (χ0v) is 14.0. The summed E-state index contributed by atoms with van der Waals surface area (Å²) in [6, 6.07) is 6.64. The molecule has 1 amide bonds. The molecule has 0 radical (unpaired) electrons. The number of benzene rings is 1. The minimum Gasteiger partial charge on any atom is -0.395 e. The van der Waals surface area contributed by atoms with Gasteiger partial charge in [0, 0.05) is 37.9 Å². The number of halogens is 1. The van der Waals surface area contributed by atoms with Crippen LogP contribution < -0.4 is 4.90 Å². The van der Waals surface area contributed by atoms with Crippen LogP contribution in [0.15, 0.2) is 24.3 Å². The Morgan fingerprint density at radius 2 is 1.79 bits per heavy atom. The Labute approximate surface area is 142 Å². The third-order valence-electron chi connectivity index (χ3n) is 5.12. The molecule has 0 saturated carbocycles. The summed E-state index contributed by atoms with van der Waals surface area (Å²) in [4.78, 5) is 18.8. The van der Waals surface area contributed by atoms with Crippen molar-refractivity contribution in [1.29, 1.82) is 0 Å². The second kappa shape index (κ2) is 7.94. The standard InChI is InChI=1S/C18H26FN3O2/c19-15-4-6-16(7-5-15)20-9-11-21(12-10-20)18(24)13-22-8-2-1-3-17(22)14-23/h4-7,17,23H,1-3,8-14H2. The third kappa shape index (κ3) is 4.05. The van der Waals surface area contributed by atoms with E-state index in [4.69, 9.17) is 0 Å². The number of carbonyl (C=O) groups is 1. The van der Waals surface area contributed by atoms with Crippen LogP contribution in [0.4, 0.5) is 10.1 Å². The molecule has 0 aliphatic carbocycles. The number of carbonyl (C=O) groups excluding carboxylic acids is 1. The predicted octanol–water partition coefficient (Wildman–Crippen LogP) is 1.32. The van der Waals surface area contributed by atoms with Crippen molar-refractivity contribution < 1.29 is 14.3 Å². The highest BCUT2D eigenvalue weighted by Crippen LogP contribution is 2.19. The van der Waals surface area contributed by atoms with Crippen LogP contribution in [0.2, 0.25) is 0 Å². The van der Waals surface area contributed by atoms with Crippen LogP contribution in [-0.4, -0.2) is 72.7 Å². The Hall–Kier alpha value is -1.66. The van der Waals surface area contributed by atoms with Gasteiger partial charge in [0.05, 0.1) is 13.2 Å². The number of hydrogen-bond acceptors (Lipinski definition) is 4. The molecule has 2 saturated heterocycles. The Bertz CT molecular complexity index is 544. The molecule has 2 fully saturated rings. The number of aliphatic hydroxyl groups is 1. The van der Waals surface area contributed by atoms with Crippen molar-refractivity contribution >= 4 is 11.6 Å². The number of piperidine rings is 1. The van der Waals surface area contributed by atoms with Gasteiger partial charge in [-0.1, -0.05) is 6.42 Å². The van der Waals surface area contributed by atoms with E-state index in [1.165, 1.54) is 12.1 Å². The normalized spacial score (nSPS) is 22.7. The van der Waals surface area contributed by atoms with Crippen LogP contribution in [0.3, 0.4) is 0 Å². The minimum atomic E-state index is -0.229. The van der Waals surface area contributed by atoms with Gasteiger partial charge >= 0.3 is 0 Å². The zero-order valence-electron chi connectivity index (χ0n) is 14.0. The van der Waals surface area contributed by atoms with Gasteiger partial charge in [0.25, 0.3) is 0 Å². The van der Waals surface area contributed by atoms with Crippen LogP contribution in [0, 0.1) is 5.82 Å². The maximum atomic E-state index is 13.0. The number of anilines is 1. The summed E-state index contributed by atoms with van der Waals surface area (Å²) in [5, 5.41) is 9.47. The summed E-state index contributed by atoms with van der Waals surface area (Å²) in [5.74, 6) is -0.0818. The molecule has 132 valence electrons. The molecule has 2 aliphatic heterocycles. The van der Waals surface area contributed by atoms with Crippen molar-refractivity contribution in [3.63, 3.8) is 0 Å². The van der Waals surface area contributed by atoms with Crippen LogP contribution in [-0.2, 0) is 4.79 Å². The molecule has 1 unspecified atom stereocenters. The van der Waals surface area contributed by atoms with E-state index in [1.54, 1.807) is 12.1 Å². The fourth-order valence-corrected chi connectivity index (χ4v) is 3.61. The molecular weight excluding hydrogens is 309 g/mol. The highest BCUT2D eigenvalue weighted by Gasteiger charge is 2.27. The van der Waals surface area contributed by atoms with E-state index < -0.39 is 0 Å². The number of amides is 1. The van der Waals surface area contributed by atoms with Crippen LogP contribution in [0.5, 0.6) is 0 Å². The average Bonchev–Trinajstić information content (AvgIpc) is 2.63. The molecule has 1 aromatic carbocycles. The summed E-state index contributed by atoms with van der Waals surface area (Å²) in [6.45, 7) is 4.34. The van der Waals surface area contributed by atoms with Crippen LogP contribution in [0.1, 0.15) is 19.3 Å². The number of hydrogen-bond donors (Lipinski definition) is 1. The van der Waals surface area contributed by atoms with E-state index in [2.05, 4.69) is 9.80 Å². The first-order valence-electron chi connectivity index (χ1n) is 8.80. The summed E-state index contributed by atoms with van der Waals surface area (Å²) in [6.07, 6.45) is 3.20. The van der Waals surface area contributed by atoms with E-state index in [-0.39, 0.29) is 24.4 Å². The molecule has 0 aromatic heterocycles. The molecular formula is C18H26FN3O2. The summed E-state index contributed by atoms with van der Waals surface area (Å²) >= 11 is 0. The topological polar surface area (TPSA) is 47.0 Å². The van der Waals surface area contributed by atoms with Gasteiger partial charge in [-0.05, 0) is 43.7 Å². The zero-order chi connectivity index (χ0) is 16.9. The SMILES string of the molecule is O=C(CN1CCCCC1CO)N1CCN(c2ccc(F)cc2)CC1. The Morgan fingerprint density at radius 3 is 2.46 bits per heavy atom. The second-order valence-corrected chi connectivity index (χ2v) is 6.65. The van der Waals surface area contributed by atoms with E-state index in [0.717, 1.165) is 44.6 Å². The molecule has 2 aliphatic rings. The van der Waals surface area contributed by atoms with Gasteiger partial charge < -0.3 is 14.9 Å². The number of likely N-dealkylation sites (tertiary alicyclic amines) is 1. The van der Waals surface area contributed by atoms with Crippen molar-refractivity contribution in [2.75, 3.05) is 50.8 Å². The van der Waals surface area contributed by atoms with Crippen LogP contribution in [0.25, 0.3) is 0 Å². The quantitative estimate of drug-likeness (QED) is 0.902. The average molecular weight is 335 g/mol. The minimum absolute atomic E-state index is 0.128. The Morgan fingerprint density at radius 1 is 1.08 bits per heavy atom. The summed E-state index contributed by atoms with van der Waals surface area (Å²) in [5.41, 5.74) is 1.000. The molecule has 1 N–H and O–H groups in total. The number of nitrogens with zero attached hydrogens (tertiary/aromatic N) is 3. The lowest BCUT2D eigenvalue weighted by molar-refractivity contribution is -0.133. The molecule has 3 rings (SSSR count). The van der Waals surface area contributed by atoms with Crippen molar-refractivity contribution in [2.24, 2.45) is 0 Å².